The second-order valence-electron chi connectivity index (χ2n) is 7.45. The Bertz CT molecular complexity index is 351. The molecule has 1 saturated carbocycles. The molecule has 5 heteroatoms. The first-order valence-electron chi connectivity index (χ1n) is 9.21. The molecule has 23 heavy (non-hydrogen) atoms. The fourth-order valence-electron chi connectivity index (χ4n) is 3.56. The van der Waals surface area contributed by atoms with E-state index in [1.807, 2.05) is 4.90 Å². The number of carbonyl (C=O) groups excluding carboxylic acids is 1. The Morgan fingerprint density at radius 1 is 1.13 bits per heavy atom. The normalized spacial score (nSPS) is 28.8. The highest BCUT2D eigenvalue weighted by Crippen LogP contribution is 2.28. The molecule has 1 amide bonds. The van der Waals surface area contributed by atoms with Crippen molar-refractivity contribution in [1.29, 1.82) is 0 Å². The standard InChI is InChI=1S/C18H34N2O2.ClH/c1-4-14(3)17(19)18(21)20-11-9-16(10-12-20)22-15-7-5-13(2)6-8-15;/h13-17H,4-12,19H2,1-3H3;1H. The number of rotatable bonds is 5. The van der Waals surface area contributed by atoms with Crippen LogP contribution in [0.25, 0.3) is 0 Å². The second kappa shape index (κ2) is 9.85. The largest absolute Gasteiger partial charge is 0.375 e. The molecule has 2 atom stereocenters. The van der Waals surface area contributed by atoms with Crippen LogP contribution in [0.2, 0.25) is 0 Å². The first-order valence-corrected chi connectivity index (χ1v) is 9.21. The third-order valence-electron chi connectivity index (χ3n) is 5.64. The number of hydrogen-bond donors (Lipinski definition) is 1. The van der Waals surface area contributed by atoms with Crippen LogP contribution in [-0.4, -0.2) is 42.1 Å². The molecule has 0 radical (unpaired) electrons. The number of likely N-dealkylation sites (tertiary alicyclic amines) is 1. The number of piperidine rings is 1. The second-order valence-corrected chi connectivity index (χ2v) is 7.45. The zero-order valence-electron chi connectivity index (χ0n) is 15.0. The molecule has 1 saturated heterocycles. The van der Waals surface area contributed by atoms with Crippen LogP contribution in [0, 0.1) is 11.8 Å². The Morgan fingerprint density at radius 2 is 1.65 bits per heavy atom. The molecule has 0 aromatic carbocycles. The van der Waals surface area contributed by atoms with Gasteiger partial charge < -0.3 is 15.4 Å². The summed E-state index contributed by atoms with van der Waals surface area (Å²) in [5.74, 6) is 1.24. The van der Waals surface area contributed by atoms with E-state index in [0.29, 0.717) is 12.2 Å². The first kappa shape index (κ1) is 20.7. The topological polar surface area (TPSA) is 55.6 Å². The number of amides is 1. The minimum Gasteiger partial charge on any atom is -0.375 e. The zero-order valence-corrected chi connectivity index (χ0v) is 15.8. The summed E-state index contributed by atoms with van der Waals surface area (Å²) >= 11 is 0. The van der Waals surface area contributed by atoms with E-state index in [0.717, 1.165) is 38.3 Å². The minimum atomic E-state index is -0.345. The van der Waals surface area contributed by atoms with E-state index in [-0.39, 0.29) is 30.3 Å². The molecule has 4 nitrogen and oxygen atoms in total. The summed E-state index contributed by atoms with van der Waals surface area (Å²) < 4.78 is 6.27. The van der Waals surface area contributed by atoms with Gasteiger partial charge in [0.1, 0.15) is 0 Å². The molecule has 1 aliphatic carbocycles. The highest BCUT2D eigenvalue weighted by molar-refractivity contribution is 5.85. The Kier molecular flexibility index (Phi) is 8.88. The van der Waals surface area contributed by atoms with Crippen LogP contribution >= 0.6 is 12.4 Å². The first-order chi connectivity index (χ1) is 10.5. The van der Waals surface area contributed by atoms with Crippen LogP contribution in [0.4, 0.5) is 0 Å². The SMILES string of the molecule is CCC(C)C(N)C(=O)N1CCC(OC2CCC(C)CC2)CC1.Cl. The molecule has 0 bridgehead atoms. The molecule has 0 aromatic heterocycles. The van der Waals surface area contributed by atoms with Gasteiger partial charge in [-0.15, -0.1) is 12.4 Å². The average molecular weight is 347 g/mol. The molecule has 2 aliphatic rings. The van der Waals surface area contributed by atoms with Gasteiger partial charge in [0.25, 0.3) is 0 Å². The lowest BCUT2D eigenvalue weighted by atomic mass is 9.88. The molecule has 136 valence electrons. The summed E-state index contributed by atoms with van der Waals surface area (Å²) in [6, 6.07) is -0.345. The van der Waals surface area contributed by atoms with Crippen molar-refractivity contribution in [1.82, 2.24) is 4.90 Å². The van der Waals surface area contributed by atoms with Gasteiger partial charge >= 0.3 is 0 Å². The number of hydrogen-bond acceptors (Lipinski definition) is 3. The van der Waals surface area contributed by atoms with Crippen molar-refractivity contribution in [2.24, 2.45) is 17.6 Å². The summed E-state index contributed by atoms with van der Waals surface area (Å²) in [6.07, 6.45) is 8.67. The fourth-order valence-corrected chi connectivity index (χ4v) is 3.56. The van der Waals surface area contributed by atoms with Crippen molar-refractivity contribution in [3.63, 3.8) is 0 Å². The maximum atomic E-state index is 12.4. The average Bonchev–Trinajstić information content (AvgIpc) is 2.55. The maximum absolute atomic E-state index is 12.4. The van der Waals surface area contributed by atoms with Crippen LogP contribution in [0.5, 0.6) is 0 Å². The number of carbonyl (C=O) groups is 1. The Morgan fingerprint density at radius 3 is 2.17 bits per heavy atom. The lowest BCUT2D eigenvalue weighted by Gasteiger charge is -2.37. The molecule has 1 heterocycles. The van der Waals surface area contributed by atoms with Crippen molar-refractivity contribution in [3.8, 4) is 0 Å². The van der Waals surface area contributed by atoms with E-state index in [4.69, 9.17) is 10.5 Å². The predicted octanol–water partition coefficient (Wildman–Crippen LogP) is 3.37. The molecule has 2 fully saturated rings. The lowest BCUT2D eigenvalue weighted by Crippen LogP contribution is -2.50. The van der Waals surface area contributed by atoms with Crippen LogP contribution in [0.15, 0.2) is 0 Å². The van der Waals surface area contributed by atoms with Gasteiger partial charge in [-0.1, -0.05) is 27.2 Å². The smallest absolute Gasteiger partial charge is 0.239 e. The van der Waals surface area contributed by atoms with E-state index in [1.165, 1.54) is 25.7 Å². The molecule has 2 rings (SSSR count). The van der Waals surface area contributed by atoms with E-state index < -0.39 is 0 Å². The number of nitrogens with two attached hydrogens (primary N) is 1. The van der Waals surface area contributed by atoms with Crippen LogP contribution in [0.3, 0.4) is 0 Å². The van der Waals surface area contributed by atoms with Gasteiger partial charge in [-0.25, -0.2) is 0 Å². The van der Waals surface area contributed by atoms with Crippen molar-refractivity contribution in [3.05, 3.63) is 0 Å². The van der Waals surface area contributed by atoms with Gasteiger partial charge in [0.15, 0.2) is 0 Å². The van der Waals surface area contributed by atoms with Gasteiger partial charge in [-0.05, 0) is 50.4 Å². The zero-order chi connectivity index (χ0) is 16.1. The molecule has 2 N–H and O–H groups in total. The molecular weight excluding hydrogens is 312 g/mol. The van der Waals surface area contributed by atoms with Gasteiger partial charge in [0, 0.05) is 13.1 Å². The van der Waals surface area contributed by atoms with Gasteiger partial charge in [-0.2, -0.15) is 0 Å². The summed E-state index contributed by atoms with van der Waals surface area (Å²) in [5.41, 5.74) is 6.08. The summed E-state index contributed by atoms with van der Waals surface area (Å²) in [6.45, 7) is 8.08. The van der Waals surface area contributed by atoms with Crippen molar-refractivity contribution >= 4 is 18.3 Å². The van der Waals surface area contributed by atoms with Gasteiger partial charge in [0.05, 0.1) is 18.2 Å². The minimum absolute atomic E-state index is 0. The van der Waals surface area contributed by atoms with Crippen LogP contribution < -0.4 is 5.73 Å². The third kappa shape index (κ3) is 5.91. The number of halogens is 1. The molecule has 0 spiro atoms. The molecule has 2 unspecified atom stereocenters. The lowest BCUT2D eigenvalue weighted by molar-refractivity contribution is -0.137. The van der Waals surface area contributed by atoms with E-state index >= 15 is 0 Å². The van der Waals surface area contributed by atoms with Crippen molar-refractivity contribution in [2.45, 2.75) is 84.0 Å². The van der Waals surface area contributed by atoms with Gasteiger partial charge in [-0.3, -0.25) is 4.79 Å². The summed E-state index contributed by atoms with van der Waals surface area (Å²) in [4.78, 5) is 14.3. The van der Waals surface area contributed by atoms with Gasteiger partial charge in [0.2, 0.25) is 5.91 Å². The quantitative estimate of drug-likeness (QED) is 0.830. The van der Waals surface area contributed by atoms with Crippen molar-refractivity contribution in [2.75, 3.05) is 13.1 Å². The Balaban J connectivity index is 0.00000264. The fraction of sp³-hybridized carbons (Fsp3) is 0.944. The highest BCUT2D eigenvalue weighted by atomic mass is 35.5. The van der Waals surface area contributed by atoms with Crippen LogP contribution in [0.1, 0.15) is 65.7 Å². The maximum Gasteiger partial charge on any atom is 0.239 e. The molecule has 0 aromatic rings. The van der Waals surface area contributed by atoms with E-state index in [2.05, 4.69) is 20.8 Å². The third-order valence-corrected chi connectivity index (χ3v) is 5.64. The van der Waals surface area contributed by atoms with Crippen molar-refractivity contribution < 1.29 is 9.53 Å². The summed E-state index contributed by atoms with van der Waals surface area (Å²) in [5, 5.41) is 0. The Labute approximate surface area is 147 Å². The number of ether oxygens (including phenoxy) is 1. The summed E-state index contributed by atoms with van der Waals surface area (Å²) in [7, 11) is 0. The van der Waals surface area contributed by atoms with Crippen LogP contribution in [-0.2, 0) is 9.53 Å². The van der Waals surface area contributed by atoms with E-state index in [9.17, 15) is 4.79 Å². The monoisotopic (exact) mass is 346 g/mol. The van der Waals surface area contributed by atoms with E-state index in [1.54, 1.807) is 0 Å². The predicted molar refractivity (Wildman–Crippen MR) is 96.8 cm³/mol. The Hall–Kier alpha value is -0.320. The number of nitrogens with zero attached hydrogens (tertiary/aromatic N) is 1. The molecule has 1 aliphatic heterocycles. The molecular formula is C18H35ClN2O2. The highest BCUT2D eigenvalue weighted by Gasteiger charge is 2.30.